The average molecular weight is 281 g/mol. The van der Waals surface area contributed by atoms with Gasteiger partial charge < -0.3 is 10.8 Å². The Hall–Kier alpha value is -0.510. The van der Waals surface area contributed by atoms with E-state index in [4.69, 9.17) is 5.73 Å². The van der Waals surface area contributed by atoms with Crippen LogP contribution >= 0.6 is 11.8 Å². The van der Waals surface area contributed by atoms with E-state index in [0.29, 0.717) is 12.5 Å². The summed E-state index contributed by atoms with van der Waals surface area (Å²) < 4.78 is 0. The highest BCUT2D eigenvalue weighted by molar-refractivity contribution is 7.99. The lowest BCUT2D eigenvalue weighted by molar-refractivity contribution is 0.214. The molecule has 19 heavy (non-hydrogen) atoms. The van der Waals surface area contributed by atoms with E-state index >= 15 is 0 Å². The first-order chi connectivity index (χ1) is 9.24. The minimum Gasteiger partial charge on any atom is -0.396 e. The summed E-state index contributed by atoms with van der Waals surface area (Å²) >= 11 is 1.91. The monoisotopic (exact) mass is 281 g/mol. The van der Waals surface area contributed by atoms with Gasteiger partial charge in [0.25, 0.3) is 0 Å². The van der Waals surface area contributed by atoms with Crippen LogP contribution in [0, 0.1) is 5.92 Å². The number of nitrogens with two attached hydrogens (primary N) is 1. The third kappa shape index (κ3) is 5.55. The Kier molecular flexibility index (Phi) is 8.19. The first-order valence-corrected chi connectivity index (χ1v) is 8.27. The zero-order valence-electron chi connectivity index (χ0n) is 12.1. The molecule has 0 saturated carbocycles. The van der Waals surface area contributed by atoms with Crippen molar-refractivity contribution in [1.29, 1.82) is 0 Å². The molecule has 0 saturated heterocycles. The first-order valence-electron chi connectivity index (χ1n) is 7.28. The van der Waals surface area contributed by atoms with Crippen LogP contribution in [0.25, 0.3) is 0 Å². The summed E-state index contributed by atoms with van der Waals surface area (Å²) in [6.07, 6.45) is 3.28. The molecule has 3 heteroatoms. The Morgan fingerprint density at radius 3 is 2.37 bits per heavy atom. The van der Waals surface area contributed by atoms with Crippen LogP contribution in [-0.4, -0.2) is 24.0 Å². The number of aliphatic hydroxyl groups is 1. The standard InChI is InChI=1S/C16H27NOS/c1-3-9-19-16-7-5-15(6-8-16)14(4-2)10-13(11-17)12-18/h5-8,13-14,18H,3-4,9-12,17H2,1-2H3. The van der Waals surface area contributed by atoms with Gasteiger partial charge in [-0.1, -0.05) is 26.0 Å². The van der Waals surface area contributed by atoms with Crippen LogP contribution in [0.1, 0.15) is 44.6 Å². The van der Waals surface area contributed by atoms with Crippen molar-refractivity contribution in [2.75, 3.05) is 18.9 Å². The topological polar surface area (TPSA) is 46.2 Å². The zero-order chi connectivity index (χ0) is 14.1. The summed E-state index contributed by atoms with van der Waals surface area (Å²) in [5.41, 5.74) is 7.05. The molecule has 2 nitrogen and oxygen atoms in total. The summed E-state index contributed by atoms with van der Waals surface area (Å²) in [5.74, 6) is 1.90. The van der Waals surface area contributed by atoms with E-state index in [2.05, 4.69) is 38.1 Å². The lowest BCUT2D eigenvalue weighted by Crippen LogP contribution is -2.20. The Morgan fingerprint density at radius 1 is 1.21 bits per heavy atom. The Labute approximate surface area is 121 Å². The molecule has 3 N–H and O–H groups in total. The van der Waals surface area contributed by atoms with Crippen molar-refractivity contribution in [3.63, 3.8) is 0 Å². The van der Waals surface area contributed by atoms with Crippen molar-refractivity contribution in [2.45, 2.75) is 43.9 Å². The van der Waals surface area contributed by atoms with Gasteiger partial charge in [-0.3, -0.25) is 0 Å². The lowest BCUT2D eigenvalue weighted by atomic mass is 9.87. The number of hydrogen-bond donors (Lipinski definition) is 2. The number of aliphatic hydroxyl groups excluding tert-OH is 1. The molecule has 0 aliphatic rings. The summed E-state index contributed by atoms with van der Waals surface area (Å²) in [6, 6.07) is 8.90. The Morgan fingerprint density at radius 2 is 1.89 bits per heavy atom. The molecule has 1 rings (SSSR count). The smallest absolute Gasteiger partial charge is 0.0471 e. The molecule has 0 spiro atoms. The van der Waals surface area contributed by atoms with Gasteiger partial charge in [-0.2, -0.15) is 0 Å². The molecule has 0 aliphatic carbocycles. The highest BCUT2D eigenvalue weighted by Crippen LogP contribution is 2.28. The van der Waals surface area contributed by atoms with Gasteiger partial charge in [0.15, 0.2) is 0 Å². The molecule has 2 unspecified atom stereocenters. The average Bonchev–Trinajstić information content (AvgIpc) is 2.47. The van der Waals surface area contributed by atoms with E-state index in [1.54, 1.807) is 0 Å². The fourth-order valence-corrected chi connectivity index (χ4v) is 3.01. The molecule has 0 amide bonds. The first kappa shape index (κ1) is 16.5. The molecule has 0 fully saturated rings. The number of rotatable bonds is 9. The lowest BCUT2D eigenvalue weighted by Gasteiger charge is -2.20. The van der Waals surface area contributed by atoms with Crippen LogP contribution in [0.15, 0.2) is 29.2 Å². The van der Waals surface area contributed by atoms with Gasteiger partial charge >= 0.3 is 0 Å². The Balaban J connectivity index is 2.65. The highest BCUT2D eigenvalue weighted by Gasteiger charge is 2.15. The van der Waals surface area contributed by atoms with Crippen molar-refractivity contribution in [3.8, 4) is 0 Å². The van der Waals surface area contributed by atoms with Crippen molar-refractivity contribution in [2.24, 2.45) is 11.7 Å². The van der Waals surface area contributed by atoms with Gasteiger partial charge in [0.2, 0.25) is 0 Å². The maximum absolute atomic E-state index is 9.28. The molecule has 0 aromatic heterocycles. The molecule has 1 aromatic rings. The fourth-order valence-electron chi connectivity index (χ4n) is 2.24. The van der Waals surface area contributed by atoms with E-state index in [9.17, 15) is 5.11 Å². The minimum absolute atomic E-state index is 0.192. The molecule has 2 atom stereocenters. The summed E-state index contributed by atoms with van der Waals surface area (Å²) in [6.45, 7) is 5.17. The van der Waals surface area contributed by atoms with Gasteiger partial charge in [0, 0.05) is 11.5 Å². The van der Waals surface area contributed by atoms with E-state index < -0.39 is 0 Å². The normalized spacial score (nSPS) is 14.3. The largest absolute Gasteiger partial charge is 0.396 e. The molecule has 0 heterocycles. The fraction of sp³-hybridized carbons (Fsp3) is 0.625. The molecule has 0 bridgehead atoms. The molecule has 0 aliphatic heterocycles. The SMILES string of the molecule is CCCSc1ccc(C(CC)CC(CN)CO)cc1. The third-order valence-corrected chi connectivity index (χ3v) is 4.74. The number of thioether (sulfide) groups is 1. The van der Waals surface area contributed by atoms with E-state index in [1.165, 1.54) is 22.6 Å². The Bertz CT molecular complexity index is 335. The second-order valence-electron chi connectivity index (χ2n) is 5.04. The maximum Gasteiger partial charge on any atom is 0.0471 e. The van der Waals surface area contributed by atoms with Crippen LogP contribution in [0.3, 0.4) is 0 Å². The molecular weight excluding hydrogens is 254 g/mol. The highest BCUT2D eigenvalue weighted by atomic mass is 32.2. The van der Waals surface area contributed by atoms with Crippen LogP contribution in [0.2, 0.25) is 0 Å². The van der Waals surface area contributed by atoms with Crippen LogP contribution in [-0.2, 0) is 0 Å². The van der Waals surface area contributed by atoms with Crippen LogP contribution in [0.4, 0.5) is 0 Å². The van der Waals surface area contributed by atoms with Gasteiger partial charge in [-0.15, -0.1) is 11.8 Å². The molecule has 1 aromatic carbocycles. The number of hydrogen-bond acceptors (Lipinski definition) is 3. The summed E-state index contributed by atoms with van der Waals surface area (Å²) in [7, 11) is 0. The minimum atomic E-state index is 0.192. The quantitative estimate of drug-likeness (QED) is 0.679. The van der Waals surface area contributed by atoms with Gasteiger partial charge in [-0.25, -0.2) is 0 Å². The second kappa shape index (κ2) is 9.40. The van der Waals surface area contributed by atoms with Gasteiger partial charge in [0.1, 0.15) is 0 Å². The van der Waals surface area contributed by atoms with E-state index in [0.717, 1.165) is 12.8 Å². The molecule has 108 valence electrons. The van der Waals surface area contributed by atoms with Gasteiger partial charge in [-0.05, 0) is 61.1 Å². The molecule has 0 radical (unpaired) electrons. The second-order valence-corrected chi connectivity index (χ2v) is 6.21. The number of benzene rings is 1. The van der Waals surface area contributed by atoms with Crippen molar-refractivity contribution >= 4 is 11.8 Å². The van der Waals surface area contributed by atoms with Crippen molar-refractivity contribution in [1.82, 2.24) is 0 Å². The van der Waals surface area contributed by atoms with Crippen LogP contribution in [0.5, 0.6) is 0 Å². The predicted octanol–water partition coefficient (Wildman–Crippen LogP) is 3.64. The third-order valence-electron chi connectivity index (χ3n) is 3.53. The van der Waals surface area contributed by atoms with E-state index in [-0.39, 0.29) is 12.5 Å². The summed E-state index contributed by atoms with van der Waals surface area (Å²) in [4.78, 5) is 1.35. The van der Waals surface area contributed by atoms with Crippen molar-refractivity contribution < 1.29 is 5.11 Å². The maximum atomic E-state index is 9.28. The molecular formula is C16H27NOS. The predicted molar refractivity (Wildman–Crippen MR) is 84.7 cm³/mol. The van der Waals surface area contributed by atoms with Crippen molar-refractivity contribution in [3.05, 3.63) is 29.8 Å². The van der Waals surface area contributed by atoms with Gasteiger partial charge in [0.05, 0.1) is 0 Å². The van der Waals surface area contributed by atoms with Crippen LogP contribution < -0.4 is 5.73 Å². The summed E-state index contributed by atoms with van der Waals surface area (Å²) in [5, 5.41) is 9.28. The zero-order valence-corrected chi connectivity index (χ0v) is 13.0. The van der Waals surface area contributed by atoms with E-state index in [1.807, 2.05) is 11.8 Å².